The topological polar surface area (TPSA) is 59.0 Å². The zero-order valence-electron chi connectivity index (χ0n) is 8.53. The molecule has 0 aliphatic carbocycles. The Morgan fingerprint density at radius 1 is 1.47 bits per heavy atom. The summed E-state index contributed by atoms with van der Waals surface area (Å²) in [7, 11) is 0. The molecular weight excluding hydrogens is 212 g/mol. The minimum Gasteiger partial charge on any atom is -0.491 e. The van der Waals surface area contributed by atoms with Gasteiger partial charge in [-0.15, -0.1) is 0 Å². The predicted molar refractivity (Wildman–Crippen MR) is 59.8 cm³/mol. The Labute approximate surface area is 94.4 Å². The van der Waals surface area contributed by atoms with E-state index in [1.807, 2.05) is 13.0 Å². The average Bonchev–Trinajstić information content (AvgIpc) is 2.28. The van der Waals surface area contributed by atoms with E-state index in [4.69, 9.17) is 27.3 Å². The highest BCUT2D eigenvalue weighted by Crippen LogP contribution is 2.17. The van der Waals surface area contributed by atoms with Crippen LogP contribution >= 0.6 is 11.6 Å². The van der Waals surface area contributed by atoms with Gasteiger partial charge in [0.15, 0.2) is 0 Å². The number of ether oxygens (including phenoxy) is 1. The van der Waals surface area contributed by atoms with Crippen LogP contribution in [0.2, 0.25) is 5.02 Å². The average molecular weight is 225 g/mol. The summed E-state index contributed by atoms with van der Waals surface area (Å²) in [5.41, 5.74) is 4.85. The fraction of sp³-hybridized carbons (Fsp3) is 0.364. The molecule has 3 nitrogen and oxygen atoms in total. The molecule has 4 heteroatoms. The first kappa shape index (κ1) is 11.8. The van der Waals surface area contributed by atoms with Gasteiger partial charge in [0.2, 0.25) is 0 Å². The summed E-state index contributed by atoms with van der Waals surface area (Å²) >= 11 is 5.72. The van der Waals surface area contributed by atoms with Crippen molar-refractivity contribution in [1.29, 1.82) is 5.26 Å². The van der Waals surface area contributed by atoms with Crippen molar-refractivity contribution >= 4 is 11.6 Å². The van der Waals surface area contributed by atoms with Crippen molar-refractivity contribution in [2.24, 2.45) is 5.73 Å². The molecule has 1 rings (SSSR count). The van der Waals surface area contributed by atoms with E-state index >= 15 is 0 Å². The number of hydrogen-bond acceptors (Lipinski definition) is 3. The fourth-order valence-electron chi connectivity index (χ4n) is 0.956. The van der Waals surface area contributed by atoms with Crippen molar-refractivity contribution in [2.45, 2.75) is 18.9 Å². The van der Waals surface area contributed by atoms with E-state index in [2.05, 4.69) is 0 Å². The predicted octanol–water partition coefficient (Wildman–Crippen LogP) is 2.35. The maximum atomic E-state index is 8.83. The largest absolute Gasteiger partial charge is 0.491 e. The lowest BCUT2D eigenvalue weighted by Crippen LogP contribution is -2.43. The van der Waals surface area contributed by atoms with Crippen molar-refractivity contribution in [1.82, 2.24) is 0 Å². The molecule has 0 spiro atoms. The number of halogens is 1. The number of nitriles is 1. The van der Waals surface area contributed by atoms with Gasteiger partial charge in [0.05, 0.1) is 6.07 Å². The monoisotopic (exact) mass is 224 g/mol. The lowest BCUT2D eigenvalue weighted by atomic mass is 10.0. The molecule has 80 valence electrons. The van der Waals surface area contributed by atoms with E-state index in [9.17, 15) is 0 Å². The summed E-state index contributed by atoms with van der Waals surface area (Å²) in [6, 6.07) is 8.99. The first-order valence-corrected chi connectivity index (χ1v) is 5.06. The number of hydrogen-bond donors (Lipinski definition) is 1. The molecule has 0 amide bonds. The van der Waals surface area contributed by atoms with Gasteiger partial charge in [-0.25, -0.2) is 0 Å². The van der Waals surface area contributed by atoms with Gasteiger partial charge in [-0.1, -0.05) is 18.5 Å². The molecule has 0 fully saturated rings. The van der Waals surface area contributed by atoms with Crippen LogP contribution in [0.1, 0.15) is 13.3 Å². The summed E-state index contributed by atoms with van der Waals surface area (Å²) in [5.74, 6) is 0.665. The third kappa shape index (κ3) is 3.43. The van der Waals surface area contributed by atoms with Gasteiger partial charge in [0.1, 0.15) is 17.9 Å². The second-order valence-corrected chi connectivity index (χ2v) is 3.80. The van der Waals surface area contributed by atoms with Crippen LogP contribution in [0.15, 0.2) is 24.3 Å². The lowest BCUT2D eigenvalue weighted by molar-refractivity contribution is 0.250. The number of rotatable bonds is 4. The van der Waals surface area contributed by atoms with Crippen molar-refractivity contribution in [3.63, 3.8) is 0 Å². The zero-order valence-corrected chi connectivity index (χ0v) is 9.29. The van der Waals surface area contributed by atoms with E-state index in [-0.39, 0.29) is 6.61 Å². The van der Waals surface area contributed by atoms with E-state index in [0.717, 1.165) is 0 Å². The normalized spacial score (nSPS) is 14.0. The number of nitrogens with zero attached hydrogens (tertiary/aromatic N) is 1. The maximum absolute atomic E-state index is 8.83. The van der Waals surface area contributed by atoms with Gasteiger partial charge in [0, 0.05) is 5.02 Å². The molecule has 0 aromatic heterocycles. The van der Waals surface area contributed by atoms with E-state index in [1.165, 1.54) is 0 Å². The molecule has 0 bridgehead atoms. The van der Waals surface area contributed by atoms with Gasteiger partial charge in [-0.05, 0) is 30.7 Å². The van der Waals surface area contributed by atoms with Crippen molar-refractivity contribution in [3.8, 4) is 11.8 Å². The Morgan fingerprint density at radius 2 is 2.07 bits per heavy atom. The van der Waals surface area contributed by atoms with Crippen LogP contribution in [-0.2, 0) is 0 Å². The Kier molecular flexibility index (Phi) is 3.96. The fourth-order valence-corrected chi connectivity index (χ4v) is 1.08. The first-order valence-electron chi connectivity index (χ1n) is 4.68. The molecule has 0 aliphatic rings. The second-order valence-electron chi connectivity index (χ2n) is 3.36. The Balaban J connectivity index is 2.58. The molecule has 2 N–H and O–H groups in total. The standard InChI is InChI=1S/C11H13ClN2O/c1-2-11(14,7-13)8-15-10-5-3-9(12)4-6-10/h3-6H,2,8,14H2,1H3. The maximum Gasteiger partial charge on any atom is 0.138 e. The number of benzene rings is 1. The first-order chi connectivity index (χ1) is 7.09. The van der Waals surface area contributed by atoms with Crippen LogP contribution in [-0.4, -0.2) is 12.1 Å². The van der Waals surface area contributed by atoms with Crippen molar-refractivity contribution in [3.05, 3.63) is 29.3 Å². The third-order valence-corrected chi connectivity index (χ3v) is 2.42. The molecule has 1 aromatic rings. The van der Waals surface area contributed by atoms with Gasteiger partial charge in [-0.3, -0.25) is 0 Å². The van der Waals surface area contributed by atoms with Gasteiger partial charge in [-0.2, -0.15) is 5.26 Å². The van der Waals surface area contributed by atoms with Crippen LogP contribution in [0, 0.1) is 11.3 Å². The highest BCUT2D eigenvalue weighted by molar-refractivity contribution is 6.30. The molecular formula is C11H13ClN2O. The molecule has 0 aliphatic heterocycles. The number of nitrogens with two attached hydrogens (primary N) is 1. The minimum atomic E-state index is -0.917. The Bertz CT molecular complexity index is 358. The zero-order chi connectivity index (χ0) is 11.3. The van der Waals surface area contributed by atoms with Crippen LogP contribution < -0.4 is 10.5 Å². The Morgan fingerprint density at radius 3 is 2.53 bits per heavy atom. The molecule has 0 saturated heterocycles. The van der Waals surface area contributed by atoms with Crippen LogP contribution in [0.4, 0.5) is 0 Å². The molecule has 1 unspecified atom stereocenters. The summed E-state index contributed by atoms with van der Waals surface area (Å²) in [5, 5.41) is 9.48. The smallest absolute Gasteiger partial charge is 0.138 e. The van der Waals surface area contributed by atoms with Gasteiger partial charge >= 0.3 is 0 Å². The molecule has 1 aromatic carbocycles. The molecule has 15 heavy (non-hydrogen) atoms. The molecule has 0 radical (unpaired) electrons. The van der Waals surface area contributed by atoms with E-state index in [0.29, 0.717) is 17.2 Å². The van der Waals surface area contributed by atoms with Gasteiger partial charge < -0.3 is 10.5 Å². The second kappa shape index (κ2) is 5.01. The van der Waals surface area contributed by atoms with Crippen molar-refractivity contribution in [2.75, 3.05) is 6.61 Å². The minimum absolute atomic E-state index is 0.182. The van der Waals surface area contributed by atoms with E-state index in [1.54, 1.807) is 24.3 Å². The summed E-state index contributed by atoms with van der Waals surface area (Å²) in [6.07, 6.45) is 0.553. The SMILES string of the molecule is CCC(N)(C#N)COc1ccc(Cl)cc1. The van der Waals surface area contributed by atoms with Crippen LogP contribution in [0.3, 0.4) is 0 Å². The molecule has 1 atom stereocenters. The van der Waals surface area contributed by atoms with Crippen LogP contribution in [0.5, 0.6) is 5.75 Å². The van der Waals surface area contributed by atoms with Crippen molar-refractivity contribution < 1.29 is 4.74 Å². The quantitative estimate of drug-likeness (QED) is 0.854. The lowest BCUT2D eigenvalue weighted by Gasteiger charge is -2.19. The molecule has 0 saturated carbocycles. The summed E-state index contributed by atoms with van der Waals surface area (Å²) < 4.78 is 5.40. The molecule has 0 heterocycles. The van der Waals surface area contributed by atoms with Gasteiger partial charge in [0.25, 0.3) is 0 Å². The highest BCUT2D eigenvalue weighted by Gasteiger charge is 2.22. The third-order valence-electron chi connectivity index (χ3n) is 2.16. The van der Waals surface area contributed by atoms with Crippen LogP contribution in [0.25, 0.3) is 0 Å². The highest BCUT2D eigenvalue weighted by atomic mass is 35.5. The summed E-state index contributed by atoms with van der Waals surface area (Å²) in [6.45, 7) is 2.04. The Hall–Kier alpha value is -1.24. The summed E-state index contributed by atoms with van der Waals surface area (Å²) in [4.78, 5) is 0. The van der Waals surface area contributed by atoms with E-state index < -0.39 is 5.54 Å².